The van der Waals surface area contributed by atoms with Gasteiger partial charge in [0.15, 0.2) is 5.78 Å². The number of thiophene rings is 1. The molecule has 52 heavy (non-hydrogen) atoms. The van der Waals surface area contributed by atoms with E-state index >= 15 is 0 Å². The van der Waals surface area contributed by atoms with Crippen LogP contribution in [0.1, 0.15) is 71.2 Å². The Balaban J connectivity index is 0.981. The molecule has 1 spiro atoms. The number of pyridine rings is 1. The number of ether oxygens (including phenoxy) is 1. The summed E-state index contributed by atoms with van der Waals surface area (Å²) in [6.07, 6.45) is 3.08. The summed E-state index contributed by atoms with van der Waals surface area (Å²) in [6, 6.07) is 27.0. The number of aryl methyl sites for hydroxylation is 3. The van der Waals surface area contributed by atoms with Crippen molar-refractivity contribution in [2.24, 2.45) is 5.41 Å². The van der Waals surface area contributed by atoms with E-state index in [0.29, 0.717) is 36.2 Å². The number of ketones is 1. The number of rotatable bonds is 7. The van der Waals surface area contributed by atoms with Crippen molar-refractivity contribution >= 4 is 46.1 Å². The van der Waals surface area contributed by atoms with Gasteiger partial charge in [0.2, 0.25) is 0 Å². The number of hydrogen-bond donors (Lipinski definition) is 1. The fourth-order valence-electron chi connectivity index (χ4n) is 7.70. The molecule has 2 fully saturated rings. The highest BCUT2D eigenvalue weighted by Gasteiger charge is 2.45. The van der Waals surface area contributed by atoms with E-state index in [1.54, 1.807) is 24.3 Å². The van der Waals surface area contributed by atoms with Gasteiger partial charge in [-0.3, -0.25) is 14.4 Å². The van der Waals surface area contributed by atoms with Crippen LogP contribution in [0.3, 0.4) is 0 Å². The summed E-state index contributed by atoms with van der Waals surface area (Å²) in [5.41, 5.74) is 8.84. The van der Waals surface area contributed by atoms with Gasteiger partial charge in [0.25, 0.3) is 11.8 Å². The number of carbonyl (C=O) groups is 3. The molecule has 2 saturated heterocycles. The van der Waals surface area contributed by atoms with E-state index in [2.05, 4.69) is 10.2 Å². The number of amides is 2. The standard InChI is InChI=1S/C43H42N4O4S/c1-27-8-4-5-9-31(27)23-37(48)38-24-32-16-19-47(36-11-7-6-10-34(36)39(32)52-38)42(50)30-12-14-33(15-13-30)45-41(49)35-22-28(2)29(3)44-40(35)46-25-43(26-46)17-20-51-21-18-43/h4-15,22,24H,16-21,23,25-26H2,1-3H3,(H,45,49). The number of nitrogens with one attached hydrogen (secondary N) is 1. The molecule has 264 valence electrons. The zero-order valence-corrected chi connectivity index (χ0v) is 30.6. The molecule has 8 rings (SSSR count). The van der Waals surface area contributed by atoms with Gasteiger partial charge in [-0.2, -0.15) is 0 Å². The van der Waals surface area contributed by atoms with Crippen molar-refractivity contribution < 1.29 is 19.1 Å². The van der Waals surface area contributed by atoms with Crippen molar-refractivity contribution in [2.75, 3.05) is 48.0 Å². The molecule has 1 N–H and O–H groups in total. The maximum Gasteiger partial charge on any atom is 0.259 e. The number of benzene rings is 3. The third-order valence-corrected chi connectivity index (χ3v) is 12.2. The van der Waals surface area contributed by atoms with Gasteiger partial charge >= 0.3 is 0 Å². The fraction of sp³-hybridized carbons (Fsp3) is 0.302. The van der Waals surface area contributed by atoms with Gasteiger partial charge in [0.05, 0.1) is 16.1 Å². The third kappa shape index (κ3) is 6.44. The minimum Gasteiger partial charge on any atom is -0.381 e. The first-order chi connectivity index (χ1) is 25.2. The second kappa shape index (κ2) is 13.8. The topological polar surface area (TPSA) is 91.8 Å². The molecule has 2 amide bonds. The Morgan fingerprint density at radius 1 is 0.885 bits per heavy atom. The van der Waals surface area contributed by atoms with Gasteiger partial charge in [-0.25, -0.2) is 4.98 Å². The smallest absolute Gasteiger partial charge is 0.259 e. The van der Waals surface area contributed by atoms with E-state index in [-0.39, 0.29) is 23.0 Å². The van der Waals surface area contributed by atoms with Crippen molar-refractivity contribution in [3.63, 3.8) is 0 Å². The highest BCUT2D eigenvalue weighted by Crippen LogP contribution is 2.44. The van der Waals surface area contributed by atoms with Gasteiger partial charge < -0.3 is 19.9 Å². The minimum atomic E-state index is -0.220. The van der Waals surface area contributed by atoms with E-state index in [4.69, 9.17) is 9.72 Å². The average Bonchev–Trinajstić information content (AvgIpc) is 3.51. The van der Waals surface area contributed by atoms with E-state index in [0.717, 1.165) is 93.9 Å². The van der Waals surface area contributed by atoms with E-state index in [1.807, 2.05) is 86.3 Å². The summed E-state index contributed by atoms with van der Waals surface area (Å²) >= 11 is 1.51. The Labute approximate surface area is 308 Å². The number of carbonyl (C=O) groups excluding carboxylic acids is 3. The molecule has 5 aromatic rings. The van der Waals surface area contributed by atoms with E-state index in [1.165, 1.54) is 11.3 Å². The van der Waals surface area contributed by atoms with Gasteiger partial charge in [0, 0.05) is 72.1 Å². The van der Waals surface area contributed by atoms with E-state index in [9.17, 15) is 14.4 Å². The normalized spacial score (nSPS) is 16.1. The average molecular weight is 711 g/mol. The predicted octanol–water partition coefficient (Wildman–Crippen LogP) is 8.23. The maximum absolute atomic E-state index is 14.1. The molecular formula is C43H42N4O4S. The highest BCUT2D eigenvalue weighted by molar-refractivity contribution is 7.17. The fourth-order valence-corrected chi connectivity index (χ4v) is 8.88. The molecule has 5 heterocycles. The molecule has 0 saturated carbocycles. The van der Waals surface area contributed by atoms with Crippen LogP contribution >= 0.6 is 11.3 Å². The SMILES string of the molecule is Cc1ccccc1CC(=O)c1cc2c(s1)-c1ccccc1N(C(=O)c1ccc(NC(=O)c3cc(C)c(C)nc3N3CC4(CCOCC4)C3)cc1)CC2. The predicted molar refractivity (Wildman–Crippen MR) is 207 cm³/mol. The number of hydrogen-bond acceptors (Lipinski definition) is 7. The largest absolute Gasteiger partial charge is 0.381 e. The summed E-state index contributed by atoms with van der Waals surface area (Å²) < 4.78 is 5.59. The van der Waals surface area contributed by atoms with Crippen molar-refractivity contribution in [1.29, 1.82) is 0 Å². The molecule has 3 aromatic carbocycles. The summed E-state index contributed by atoms with van der Waals surface area (Å²) in [4.78, 5) is 51.9. The highest BCUT2D eigenvalue weighted by atomic mass is 32.1. The van der Waals surface area contributed by atoms with Gasteiger partial charge in [-0.1, -0.05) is 42.5 Å². The first-order valence-electron chi connectivity index (χ1n) is 18.0. The molecule has 0 atom stereocenters. The van der Waals surface area contributed by atoms with Crippen molar-refractivity contribution in [1.82, 2.24) is 4.98 Å². The van der Waals surface area contributed by atoms with Crippen LogP contribution in [0.15, 0.2) is 84.9 Å². The first-order valence-corrected chi connectivity index (χ1v) is 18.8. The zero-order chi connectivity index (χ0) is 36.0. The van der Waals surface area contributed by atoms with Crippen LogP contribution in [0.5, 0.6) is 0 Å². The van der Waals surface area contributed by atoms with Crippen LogP contribution in [0.2, 0.25) is 0 Å². The van der Waals surface area contributed by atoms with Gasteiger partial charge in [-0.15, -0.1) is 11.3 Å². The molecule has 8 nitrogen and oxygen atoms in total. The lowest BCUT2D eigenvalue weighted by Crippen LogP contribution is -2.59. The zero-order valence-electron chi connectivity index (χ0n) is 29.8. The minimum absolute atomic E-state index is 0.110. The number of anilines is 3. The summed E-state index contributed by atoms with van der Waals surface area (Å²) in [5, 5.41) is 3.06. The monoisotopic (exact) mass is 710 g/mol. The van der Waals surface area contributed by atoms with Crippen LogP contribution in [-0.2, 0) is 17.6 Å². The molecule has 3 aliphatic rings. The van der Waals surface area contributed by atoms with Crippen molar-refractivity contribution in [3.05, 3.63) is 129 Å². The Morgan fingerprint density at radius 3 is 2.38 bits per heavy atom. The summed E-state index contributed by atoms with van der Waals surface area (Å²) in [7, 11) is 0. The molecule has 2 aromatic heterocycles. The number of aromatic nitrogens is 1. The lowest BCUT2D eigenvalue weighted by molar-refractivity contribution is -0.000520. The number of para-hydroxylation sites is 1. The molecule has 0 aliphatic carbocycles. The van der Waals surface area contributed by atoms with Crippen molar-refractivity contribution in [3.8, 4) is 10.4 Å². The lowest BCUT2D eigenvalue weighted by Gasteiger charge is -2.53. The molecule has 3 aliphatic heterocycles. The number of nitrogens with zero attached hydrogens (tertiary/aromatic N) is 3. The van der Waals surface area contributed by atoms with Crippen LogP contribution in [0.25, 0.3) is 10.4 Å². The Hall–Kier alpha value is -5.12. The van der Waals surface area contributed by atoms with Crippen LogP contribution < -0.4 is 15.1 Å². The molecule has 0 bridgehead atoms. The summed E-state index contributed by atoms with van der Waals surface area (Å²) in [6.45, 7) is 9.81. The third-order valence-electron chi connectivity index (χ3n) is 11.0. The van der Waals surface area contributed by atoms with Crippen LogP contribution in [0, 0.1) is 26.2 Å². The van der Waals surface area contributed by atoms with Crippen LogP contribution in [-0.4, -0.2) is 55.4 Å². The molecular weight excluding hydrogens is 669 g/mol. The molecule has 0 radical (unpaired) electrons. The second-order valence-corrected chi connectivity index (χ2v) is 15.5. The van der Waals surface area contributed by atoms with Gasteiger partial charge in [-0.05, 0) is 105 Å². The first kappa shape index (κ1) is 34.0. The Kier molecular flexibility index (Phi) is 9.01. The van der Waals surface area contributed by atoms with Crippen molar-refractivity contribution in [2.45, 2.75) is 46.5 Å². The Bertz CT molecular complexity index is 2190. The molecule has 0 unspecified atom stereocenters. The second-order valence-electron chi connectivity index (χ2n) is 14.5. The maximum atomic E-state index is 14.1. The Morgan fingerprint density at radius 2 is 1.62 bits per heavy atom. The van der Waals surface area contributed by atoms with E-state index < -0.39 is 0 Å². The number of fused-ring (bicyclic) bond motifs is 3. The van der Waals surface area contributed by atoms with Gasteiger partial charge in [0.1, 0.15) is 5.82 Å². The van der Waals surface area contributed by atoms with Crippen LogP contribution in [0.4, 0.5) is 17.2 Å². The lowest BCUT2D eigenvalue weighted by atomic mass is 9.73. The molecule has 9 heteroatoms. The summed E-state index contributed by atoms with van der Waals surface area (Å²) in [5.74, 6) is 0.498. The quantitative estimate of drug-likeness (QED) is 0.171. The number of Topliss-reactive ketones (excluding diaryl/α,β-unsaturated/α-hetero) is 1.